The maximum atomic E-state index is 13.2. The molecule has 16 nitrogen and oxygen atoms in total. The van der Waals surface area contributed by atoms with Gasteiger partial charge in [-0.3, -0.25) is 30.9 Å². The first-order valence-electron chi connectivity index (χ1n) is 20.9. The number of nitrogens with zero attached hydrogens (tertiary/aromatic N) is 4. The van der Waals surface area contributed by atoms with Crippen LogP contribution in [0.15, 0.2) is 122 Å². The third-order valence-electron chi connectivity index (χ3n) is 11.7. The van der Waals surface area contributed by atoms with Crippen LogP contribution in [0.4, 0.5) is 9.59 Å². The molecule has 4 aromatic carbocycles. The summed E-state index contributed by atoms with van der Waals surface area (Å²) in [6.07, 6.45) is 4.15. The summed E-state index contributed by atoms with van der Waals surface area (Å²) < 4.78 is 10.8. The van der Waals surface area contributed by atoms with Crippen LogP contribution in [0.2, 0.25) is 0 Å². The number of hydrogen-bond donors (Lipinski definition) is 4. The maximum Gasteiger partial charge on any atom is 0.332 e. The number of rotatable bonds is 16. The molecule has 2 saturated heterocycles. The minimum absolute atomic E-state index is 0.145. The van der Waals surface area contributed by atoms with Gasteiger partial charge in [0.25, 0.3) is 11.8 Å². The summed E-state index contributed by atoms with van der Waals surface area (Å²) in [5.41, 5.74) is 19.1. The van der Waals surface area contributed by atoms with Crippen molar-refractivity contribution in [2.24, 2.45) is 11.5 Å². The van der Waals surface area contributed by atoms with E-state index in [1.807, 2.05) is 97.1 Å². The number of carbonyl (C=O) groups excluding carboxylic acids is 6. The standard InChI is InChI=1S/C48H48N8O8/c1-53-45(59)39(55(47(53)61)27-29-9-5-3-6-10-29)21-31-13-15-37-35(19-31)33(25-51-37)23-41(49)63-43(57)17-18-44(58)64-42(50)24-34-26-52-38-16-14-32(20-36(34)38)22-40-46(60)54(2)48(62)56(40)28-30-11-7-4-8-12-30/h3-20,25-26,39-42,51-52H,21-24,27-28,49-50H2,1-2H3/b18-17-. The van der Waals surface area contributed by atoms with E-state index >= 15 is 0 Å². The van der Waals surface area contributed by atoms with Crippen molar-refractivity contribution in [2.45, 2.75) is 63.3 Å². The molecule has 2 aromatic heterocycles. The van der Waals surface area contributed by atoms with Gasteiger partial charge in [0, 0.05) is 99.2 Å². The van der Waals surface area contributed by atoms with Gasteiger partial charge in [-0.2, -0.15) is 0 Å². The number of aromatic amines is 2. The molecular formula is C48H48N8O8. The number of esters is 2. The van der Waals surface area contributed by atoms with E-state index in [0.717, 1.165) is 77.1 Å². The van der Waals surface area contributed by atoms with E-state index in [4.69, 9.17) is 20.9 Å². The molecular weight excluding hydrogens is 817 g/mol. The number of imide groups is 2. The van der Waals surface area contributed by atoms with Crippen LogP contribution in [0.5, 0.6) is 0 Å². The molecule has 6 amide bonds. The molecule has 6 N–H and O–H groups in total. The second kappa shape index (κ2) is 18.4. The van der Waals surface area contributed by atoms with Crippen LogP contribution in [0, 0.1) is 0 Å². The lowest BCUT2D eigenvalue weighted by molar-refractivity contribution is -0.145. The van der Waals surface area contributed by atoms with Crippen molar-refractivity contribution < 1.29 is 38.2 Å². The third-order valence-corrected chi connectivity index (χ3v) is 11.7. The fraction of sp³-hybridized carbons (Fsp3) is 0.250. The summed E-state index contributed by atoms with van der Waals surface area (Å²) >= 11 is 0. The Kier molecular flexibility index (Phi) is 12.4. The molecule has 2 fully saturated rings. The summed E-state index contributed by atoms with van der Waals surface area (Å²) in [6.45, 7) is 0.602. The van der Waals surface area contributed by atoms with Gasteiger partial charge in [-0.15, -0.1) is 0 Å². The number of nitrogens with one attached hydrogen (secondary N) is 2. The zero-order chi connectivity index (χ0) is 45.1. The molecule has 16 heteroatoms. The Hall–Kier alpha value is -7.56. The van der Waals surface area contributed by atoms with Gasteiger partial charge in [-0.1, -0.05) is 72.8 Å². The van der Waals surface area contributed by atoms with E-state index in [1.165, 1.54) is 14.1 Å². The number of ether oxygens (including phenoxy) is 2. The van der Waals surface area contributed by atoms with Gasteiger partial charge in [-0.25, -0.2) is 19.2 Å². The van der Waals surface area contributed by atoms with E-state index in [2.05, 4.69) is 9.97 Å². The molecule has 0 bridgehead atoms. The number of aromatic nitrogens is 2. The molecule has 2 aliphatic rings. The quantitative estimate of drug-likeness (QED) is 0.0457. The summed E-state index contributed by atoms with van der Waals surface area (Å²) in [6, 6.07) is 28.4. The molecule has 0 saturated carbocycles. The van der Waals surface area contributed by atoms with Crippen molar-refractivity contribution >= 4 is 57.6 Å². The smallest absolute Gasteiger partial charge is 0.332 e. The molecule has 328 valence electrons. The van der Waals surface area contributed by atoms with E-state index in [-0.39, 0.29) is 36.7 Å². The largest absolute Gasteiger partial charge is 0.443 e. The van der Waals surface area contributed by atoms with Gasteiger partial charge in [0.1, 0.15) is 12.1 Å². The molecule has 0 spiro atoms. The molecule has 0 aliphatic carbocycles. The lowest BCUT2D eigenvalue weighted by atomic mass is 10.0. The highest BCUT2D eigenvalue weighted by molar-refractivity contribution is 6.05. The predicted molar refractivity (Wildman–Crippen MR) is 237 cm³/mol. The minimum Gasteiger partial charge on any atom is -0.443 e. The summed E-state index contributed by atoms with van der Waals surface area (Å²) in [7, 11) is 2.98. The van der Waals surface area contributed by atoms with E-state index in [1.54, 1.807) is 22.2 Å². The lowest BCUT2D eigenvalue weighted by Crippen LogP contribution is -2.36. The highest BCUT2D eigenvalue weighted by atomic mass is 16.6. The van der Waals surface area contributed by atoms with Crippen molar-refractivity contribution in [3.63, 3.8) is 0 Å². The number of hydrogen-bond acceptors (Lipinski definition) is 10. The lowest BCUT2D eigenvalue weighted by Gasteiger charge is -2.22. The Labute approximate surface area is 368 Å². The Morgan fingerprint density at radius 2 is 0.984 bits per heavy atom. The van der Waals surface area contributed by atoms with Gasteiger partial charge >= 0.3 is 24.0 Å². The van der Waals surface area contributed by atoms with Gasteiger partial charge in [0.2, 0.25) is 0 Å². The van der Waals surface area contributed by atoms with Crippen molar-refractivity contribution in [2.75, 3.05) is 14.1 Å². The number of nitrogens with two attached hydrogens (primary N) is 2. The zero-order valence-electron chi connectivity index (χ0n) is 35.3. The molecule has 4 unspecified atom stereocenters. The number of benzene rings is 4. The number of likely N-dealkylation sites (N-methyl/N-ethyl adjacent to an activating group) is 2. The molecule has 4 atom stereocenters. The van der Waals surface area contributed by atoms with E-state index in [9.17, 15) is 28.8 Å². The first-order chi connectivity index (χ1) is 30.8. The number of H-pyrrole nitrogens is 2. The molecule has 64 heavy (non-hydrogen) atoms. The first kappa shape index (κ1) is 43.1. The van der Waals surface area contributed by atoms with Gasteiger partial charge < -0.3 is 29.2 Å². The molecule has 4 heterocycles. The SMILES string of the molecule is CN1C(=O)C(Cc2ccc3[nH]cc(CC(N)OC(=O)/C=C\C(=O)OC(N)Cc4c[nH]c5ccc(CC6C(=O)N(C)C(=O)N6Cc6ccccc6)cc45)c3c2)N(Cc2ccccc2)C1=O. The zero-order valence-corrected chi connectivity index (χ0v) is 35.3. The molecule has 8 rings (SSSR count). The third kappa shape index (κ3) is 9.28. The van der Waals surface area contributed by atoms with Crippen molar-refractivity contribution in [1.82, 2.24) is 29.6 Å². The number of fused-ring (bicyclic) bond motifs is 2. The predicted octanol–water partition coefficient (Wildman–Crippen LogP) is 4.66. The van der Waals surface area contributed by atoms with Crippen molar-refractivity contribution in [3.8, 4) is 0 Å². The van der Waals surface area contributed by atoms with Crippen LogP contribution in [-0.4, -0.2) is 104 Å². The van der Waals surface area contributed by atoms with E-state index in [0.29, 0.717) is 25.9 Å². The Bertz CT molecular complexity index is 2580. The summed E-state index contributed by atoms with van der Waals surface area (Å²) in [5.74, 6) is -2.26. The normalized spacial score (nSPS) is 17.7. The van der Waals surface area contributed by atoms with Crippen molar-refractivity contribution in [3.05, 3.63) is 155 Å². The minimum atomic E-state index is -1.06. The van der Waals surface area contributed by atoms with Crippen LogP contribution >= 0.6 is 0 Å². The summed E-state index contributed by atoms with van der Waals surface area (Å²) in [4.78, 5) is 89.6. The topological polar surface area (TPSA) is 217 Å². The Morgan fingerprint density at radius 3 is 1.38 bits per heavy atom. The number of urea groups is 2. The maximum absolute atomic E-state index is 13.2. The Balaban J connectivity index is 0.842. The van der Waals surface area contributed by atoms with Gasteiger partial charge in [0.05, 0.1) is 0 Å². The van der Waals surface area contributed by atoms with Crippen LogP contribution in [-0.2, 0) is 67.4 Å². The van der Waals surface area contributed by atoms with Crippen LogP contribution in [0.1, 0.15) is 33.4 Å². The Morgan fingerprint density at radius 1 is 0.594 bits per heavy atom. The van der Waals surface area contributed by atoms with Gasteiger partial charge in [0.15, 0.2) is 12.5 Å². The summed E-state index contributed by atoms with van der Waals surface area (Å²) in [5, 5.41) is 1.64. The van der Waals surface area contributed by atoms with Crippen LogP contribution < -0.4 is 11.5 Å². The van der Waals surface area contributed by atoms with Crippen molar-refractivity contribution in [1.29, 1.82) is 0 Å². The highest BCUT2D eigenvalue weighted by Gasteiger charge is 2.44. The average molecular weight is 865 g/mol. The monoisotopic (exact) mass is 864 g/mol. The van der Waals surface area contributed by atoms with E-state index < -0.39 is 36.5 Å². The van der Waals surface area contributed by atoms with Gasteiger partial charge in [-0.05, 0) is 57.6 Å². The highest BCUT2D eigenvalue weighted by Crippen LogP contribution is 2.28. The second-order valence-electron chi connectivity index (χ2n) is 16.1. The number of amides is 6. The fourth-order valence-corrected chi connectivity index (χ4v) is 8.38. The van der Waals surface area contributed by atoms with Crippen LogP contribution in [0.3, 0.4) is 0 Å². The molecule has 2 aliphatic heterocycles. The number of carbonyl (C=O) groups is 6. The molecule has 0 radical (unpaired) electrons. The van der Waals surface area contributed by atoms with Crippen LogP contribution in [0.25, 0.3) is 21.8 Å². The molecule has 6 aromatic rings. The first-order valence-corrected chi connectivity index (χ1v) is 20.9. The fourth-order valence-electron chi connectivity index (χ4n) is 8.38. The average Bonchev–Trinajstić information content (AvgIpc) is 3.98. The second-order valence-corrected chi connectivity index (χ2v) is 16.1.